The summed E-state index contributed by atoms with van der Waals surface area (Å²) in [4.78, 5) is 12.0. The third-order valence-electron chi connectivity index (χ3n) is 4.15. The molecule has 0 radical (unpaired) electrons. The first-order chi connectivity index (χ1) is 12.5. The van der Waals surface area contributed by atoms with Gasteiger partial charge in [-0.3, -0.25) is 0 Å². The molecular weight excluding hydrogens is 324 g/mol. The molecule has 2 aromatic carbocycles. The van der Waals surface area contributed by atoms with Gasteiger partial charge in [-0.2, -0.15) is 5.10 Å². The molecule has 1 heterocycles. The van der Waals surface area contributed by atoms with Gasteiger partial charge in [0.05, 0.1) is 11.9 Å². The van der Waals surface area contributed by atoms with Gasteiger partial charge in [-0.05, 0) is 56.2 Å². The molecular formula is C21H22N4O. The van der Waals surface area contributed by atoms with E-state index in [1.54, 1.807) is 6.21 Å². The zero-order chi connectivity index (χ0) is 18.5. The smallest absolute Gasteiger partial charge is 0.315 e. The van der Waals surface area contributed by atoms with Crippen LogP contribution in [0, 0.1) is 20.8 Å². The SMILES string of the molecule is Cc1ccc(-n2cccc2C=NNC(=O)Nc2ccccc2C)c(C)c1. The molecule has 0 aliphatic heterocycles. The first-order valence-corrected chi connectivity index (χ1v) is 8.45. The highest BCUT2D eigenvalue weighted by Crippen LogP contribution is 2.17. The van der Waals surface area contributed by atoms with Gasteiger partial charge < -0.3 is 9.88 Å². The van der Waals surface area contributed by atoms with E-state index in [1.165, 1.54) is 11.1 Å². The average molecular weight is 346 g/mol. The normalized spacial score (nSPS) is 10.9. The third kappa shape index (κ3) is 4.00. The highest BCUT2D eigenvalue weighted by Gasteiger charge is 2.05. The topological polar surface area (TPSA) is 58.4 Å². The Morgan fingerprint density at radius 1 is 1.00 bits per heavy atom. The molecule has 0 saturated carbocycles. The highest BCUT2D eigenvalue weighted by atomic mass is 16.2. The molecule has 3 aromatic rings. The van der Waals surface area contributed by atoms with E-state index >= 15 is 0 Å². The first-order valence-electron chi connectivity index (χ1n) is 8.45. The molecule has 3 rings (SSSR count). The van der Waals surface area contributed by atoms with Gasteiger partial charge in [0, 0.05) is 17.6 Å². The molecule has 0 bridgehead atoms. The van der Waals surface area contributed by atoms with E-state index in [-0.39, 0.29) is 6.03 Å². The molecule has 5 heteroatoms. The van der Waals surface area contributed by atoms with Crippen LogP contribution in [0.15, 0.2) is 65.9 Å². The molecule has 2 N–H and O–H groups in total. The first kappa shape index (κ1) is 17.5. The lowest BCUT2D eigenvalue weighted by Gasteiger charge is -2.10. The lowest BCUT2D eigenvalue weighted by atomic mass is 10.1. The van der Waals surface area contributed by atoms with E-state index in [9.17, 15) is 4.79 Å². The molecule has 132 valence electrons. The molecule has 0 atom stereocenters. The second-order valence-electron chi connectivity index (χ2n) is 6.23. The number of hydrogen-bond donors (Lipinski definition) is 2. The maximum Gasteiger partial charge on any atom is 0.339 e. The fraction of sp³-hybridized carbons (Fsp3) is 0.143. The summed E-state index contributed by atoms with van der Waals surface area (Å²) in [6.45, 7) is 6.10. The molecule has 2 amide bonds. The van der Waals surface area contributed by atoms with Crippen molar-refractivity contribution >= 4 is 17.9 Å². The molecule has 5 nitrogen and oxygen atoms in total. The quantitative estimate of drug-likeness (QED) is 0.528. The summed E-state index contributed by atoms with van der Waals surface area (Å²) in [5.41, 5.74) is 8.64. The van der Waals surface area contributed by atoms with E-state index in [0.717, 1.165) is 22.6 Å². The highest BCUT2D eigenvalue weighted by molar-refractivity contribution is 5.91. The Morgan fingerprint density at radius 3 is 2.58 bits per heavy atom. The van der Waals surface area contributed by atoms with Gasteiger partial charge in [0.15, 0.2) is 0 Å². The monoisotopic (exact) mass is 346 g/mol. The largest absolute Gasteiger partial charge is 0.339 e. The number of aryl methyl sites for hydroxylation is 3. The number of benzene rings is 2. The number of para-hydroxylation sites is 1. The van der Waals surface area contributed by atoms with Gasteiger partial charge in [-0.15, -0.1) is 0 Å². The number of nitrogens with one attached hydrogen (secondary N) is 2. The molecule has 0 saturated heterocycles. The minimum atomic E-state index is -0.375. The summed E-state index contributed by atoms with van der Waals surface area (Å²) in [6.07, 6.45) is 3.61. The summed E-state index contributed by atoms with van der Waals surface area (Å²) >= 11 is 0. The van der Waals surface area contributed by atoms with Crippen molar-refractivity contribution in [2.24, 2.45) is 5.10 Å². The summed E-state index contributed by atoms with van der Waals surface area (Å²) < 4.78 is 2.04. The van der Waals surface area contributed by atoms with Crippen LogP contribution >= 0.6 is 0 Å². The van der Waals surface area contributed by atoms with Gasteiger partial charge in [-0.1, -0.05) is 35.9 Å². The summed E-state index contributed by atoms with van der Waals surface area (Å²) in [5, 5.41) is 6.85. The molecule has 0 spiro atoms. The zero-order valence-corrected chi connectivity index (χ0v) is 15.2. The summed E-state index contributed by atoms with van der Waals surface area (Å²) in [7, 11) is 0. The minimum absolute atomic E-state index is 0.375. The predicted molar refractivity (Wildman–Crippen MR) is 106 cm³/mol. The summed E-state index contributed by atoms with van der Waals surface area (Å²) in [6, 6.07) is 17.4. The molecule has 1 aromatic heterocycles. The van der Waals surface area contributed by atoms with Crippen LogP contribution < -0.4 is 10.7 Å². The number of rotatable bonds is 4. The van der Waals surface area contributed by atoms with Gasteiger partial charge in [0.2, 0.25) is 0 Å². The van der Waals surface area contributed by atoms with Crippen molar-refractivity contribution in [3.8, 4) is 5.69 Å². The van der Waals surface area contributed by atoms with E-state index < -0.39 is 0 Å². The molecule has 0 aliphatic rings. The number of urea groups is 1. The van der Waals surface area contributed by atoms with Gasteiger partial charge >= 0.3 is 6.03 Å². The van der Waals surface area contributed by atoms with Gasteiger partial charge in [0.25, 0.3) is 0 Å². The fourth-order valence-corrected chi connectivity index (χ4v) is 2.81. The third-order valence-corrected chi connectivity index (χ3v) is 4.15. The van der Waals surface area contributed by atoms with Crippen molar-refractivity contribution in [3.05, 3.63) is 83.2 Å². The number of nitrogens with zero attached hydrogens (tertiary/aromatic N) is 2. The van der Waals surface area contributed by atoms with Crippen LogP contribution in [-0.2, 0) is 0 Å². The van der Waals surface area contributed by atoms with Crippen LogP contribution in [0.1, 0.15) is 22.4 Å². The number of anilines is 1. The van der Waals surface area contributed by atoms with E-state index in [2.05, 4.69) is 47.9 Å². The van der Waals surface area contributed by atoms with Crippen LogP contribution in [0.25, 0.3) is 5.69 Å². The van der Waals surface area contributed by atoms with Crippen molar-refractivity contribution < 1.29 is 4.79 Å². The Balaban J connectivity index is 1.69. The predicted octanol–water partition coefficient (Wildman–Crippen LogP) is 4.56. The van der Waals surface area contributed by atoms with Gasteiger partial charge in [-0.25, -0.2) is 10.2 Å². The van der Waals surface area contributed by atoms with Crippen LogP contribution in [0.3, 0.4) is 0 Å². The maximum atomic E-state index is 12.0. The van der Waals surface area contributed by atoms with Crippen molar-refractivity contribution in [2.45, 2.75) is 20.8 Å². The number of carbonyl (C=O) groups is 1. The average Bonchev–Trinajstić information content (AvgIpc) is 3.05. The Hall–Kier alpha value is -3.34. The molecule has 0 fully saturated rings. The van der Waals surface area contributed by atoms with Gasteiger partial charge in [0.1, 0.15) is 0 Å². The number of amides is 2. The molecule has 0 aliphatic carbocycles. The maximum absolute atomic E-state index is 12.0. The number of hydrogen-bond acceptors (Lipinski definition) is 2. The van der Waals surface area contributed by atoms with E-state index in [4.69, 9.17) is 0 Å². The lowest BCUT2D eigenvalue weighted by molar-refractivity contribution is 0.252. The summed E-state index contributed by atoms with van der Waals surface area (Å²) in [5.74, 6) is 0. The Morgan fingerprint density at radius 2 is 1.81 bits per heavy atom. The minimum Gasteiger partial charge on any atom is -0.315 e. The van der Waals surface area contributed by atoms with Crippen molar-refractivity contribution in [2.75, 3.05) is 5.32 Å². The number of aromatic nitrogens is 1. The van der Waals surface area contributed by atoms with E-state index in [0.29, 0.717) is 0 Å². The van der Waals surface area contributed by atoms with Crippen LogP contribution in [0.5, 0.6) is 0 Å². The van der Waals surface area contributed by atoms with Crippen molar-refractivity contribution in [3.63, 3.8) is 0 Å². The van der Waals surface area contributed by atoms with Crippen molar-refractivity contribution in [1.29, 1.82) is 0 Å². The second-order valence-corrected chi connectivity index (χ2v) is 6.23. The molecule has 0 unspecified atom stereocenters. The van der Waals surface area contributed by atoms with Crippen LogP contribution in [-0.4, -0.2) is 16.8 Å². The Bertz CT molecular complexity index is 956. The lowest BCUT2D eigenvalue weighted by Crippen LogP contribution is -2.24. The van der Waals surface area contributed by atoms with Crippen LogP contribution in [0.4, 0.5) is 10.5 Å². The number of carbonyl (C=O) groups excluding carboxylic acids is 1. The van der Waals surface area contributed by atoms with E-state index in [1.807, 2.05) is 54.1 Å². The zero-order valence-electron chi connectivity index (χ0n) is 15.2. The standard InChI is InChI=1S/C21H22N4O/c1-15-10-11-20(17(3)13-15)25-12-6-8-18(25)14-22-24-21(26)23-19-9-5-4-7-16(19)2/h4-14H,1-3H3,(H2,23,24,26). The Kier molecular flexibility index (Phi) is 5.17. The van der Waals surface area contributed by atoms with Crippen molar-refractivity contribution in [1.82, 2.24) is 9.99 Å². The molecule has 26 heavy (non-hydrogen) atoms. The van der Waals surface area contributed by atoms with Crippen LogP contribution in [0.2, 0.25) is 0 Å². The Labute approximate surface area is 153 Å². The fourth-order valence-electron chi connectivity index (χ4n) is 2.81. The number of hydrazone groups is 1. The second kappa shape index (κ2) is 7.70.